The molecule has 122 valence electrons. The molecular weight excluding hydrogens is 298 g/mol. The number of likely N-dealkylation sites (tertiary alicyclic amines) is 1. The maximum absolute atomic E-state index is 12.2. The smallest absolute Gasteiger partial charge is 0.407 e. The highest BCUT2D eigenvalue weighted by Gasteiger charge is 2.28. The zero-order valence-corrected chi connectivity index (χ0v) is 12.9. The van der Waals surface area contributed by atoms with Crippen molar-refractivity contribution in [3.63, 3.8) is 0 Å². The summed E-state index contributed by atoms with van der Waals surface area (Å²) in [5.74, 6) is 0.624. The molecule has 1 N–H and O–H groups in total. The van der Waals surface area contributed by atoms with Gasteiger partial charge in [0.05, 0.1) is 13.0 Å². The van der Waals surface area contributed by atoms with Crippen LogP contribution in [0.2, 0.25) is 0 Å². The van der Waals surface area contributed by atoms with Crippen LogP contribution >= 0.6 is 0 Å². The first-order valence-corrected chi connectivity index (χ1v) is 7.62. The summed E-state index contributed by atoms with van der Waals surface area (Å²) in [6.45, 7) is 1.17. The Morgan fingerprint density at radius 2 is 2.26 bits per heavy atom. The highest BCUT2D eigenvalue weighted by atomic mass is 16.5. The van der Waals surface area contributed by atoms with Crippen molar-refractivity contribution in [2.24, 2.45) is 0 Å². The third kappa shape index (κ3) is 3.44. The fourth-order valence-electron chi connectivity index (χ4n) is 2.80. The van der Waals surface area contributed by atoms with E-state index in [0.717, 1.165) is 23.9 Å². The first-order valence-electron chi connectivity index (χ1n) is 7.62. The molecule has 2 amide bonds. The van der Waals surface area contributed by atoms with Crippen LogP contribution in [0.4, 0.5) is 4.79 Å². The number of nitrogens with zero attached hydrogens (tertiary/aromatic N) is 2. The van der Waals surface area contributed by atoms with Gasteiger partial charge in [0, 0.05) is 13.1 Å². The number of aromatic nitrogens is 1. The zero-order chi connectivity index (χ0) is 16.2. The zero-order valence-electron chi connectivity index (χ0n) is 12.9. The Morgan fingerprint density at radius 1 is 1.43 bits per heavy atom. The van der Waals surface area contributed by atoms with Crippen LogP contribution in [-0.4, -0.2) is 48.6 Å². The summed E-state index contributed by atoms with van der Waals surface area (Å²) in [5, 5.41) is 2.41. The topological polar surface area (TPSA) is 84.7 Å². The quantitative estimate of drug-likeness (QED) is 0.934. The lowest BCUT2D eigenvalue weighted by Gasteiger charge is -2.31. The number of benzene rings is 1. The molecule has 1 unspecified atom stereocenters. The van der Waals surface area contributed by atoms with Gasteiger partial charge >= 0.3 is 6.09 Å². The predicted octanol–water partition coefficient (Wildman–Crippen LogP) is 1.89. The number of ether oxygens (including phenoxy) is 1. The molecule has 2 heterocycles. The lowest BCUT2D eigenvalue weighted by Crippen LogP contribution is -2.44. The molecule has 1 aliphatic heterocycles. The molecule has 7 heteroatoms. The van der Waals surface area contributed by atoms with Crippen molar-refractivity contribution in [3.05, 3.63) is 30.2 Å². The molecular formula is C16H19N3O4. The molecule has 2 aromatic rings. The van der Waals surface area contributed by atoms with E-state index in [2.05, 4.69) is 15.0 Å². The van der Waals surface area contributed by atoms with E-state index < -0.39 is 6.09 Å². The van der Waals surface area contributed by atoms with Crippen LogP contribution in [0.15, 0.2) is 28.7 Å². The van der Waals surface area contributed by atoms with E-state index in [-0.39, 0.29) is 18.4 Å². The molecule has 0 saturated carbocycles. The predicted molar refractivity (Wildman–Crippen MR) is 83.0 cm³/mol. The van der Waals surface area contributed by atoms with E-state index in [1.165, 1.54) is 7.11 Å². The number of hydrogen-bond acceptors (Lipinski definition) is 5. The molecule has 7 nitrogen and oxygen atoms in total. The summed E-state index contributed by atoms with van der Waals surface area (Å²) in [6, 6.07) is 7.63. The van der Waals surface area contributed by atoms with E-state index in [4.69, 9.17) is 4.42 Å². The molecule has 1 aliphatic rings. The lowest BCUT2D eigenvalue weighted by atomic mass is 9.98. The fourth-order valence-corrected chi connectivity index (χ4v) is 2.80. The molecule has 1 atom stereocenters. The van der Waals surface area contributed by atoms with E-state index in [0.29, 0.717) is 19.0 Å². The van der Waals surface area contributed by atoms with Gasteiger partial charge in [-0.1, -0.05) is 12.1 Å². The summed E-state index contributed by atoms with van der Waals surface area (Å²) >= 11 is 0. The second-order valence-electron chi connectivity index (χ2n) is 5.54. The first kappa shape index (κ1) is 15.3. The Morgan fingerprint density at radius 3 is 3.04 bits per heavy atom. The highest BCUT2D eigenvalue weighted by molar-refractivity contribution is 5.82. The van der Waals surface area contributed by atoms with Crippen LogP contribution in [0.25, 0.3) is 11.1 Å². The maximum Gasteiger partial charge on any atom is 0.407 e. The number of methoxy groups -OCH3 is 1. The number of hydrogen-bond donors (Lipinski definition) is 1. The van der Waals surface area contributed by atoms with Gasteiger partial charge in [0.15, 0.2) is 11.5 Å². The summed E-state index contributed by atoms with van der Waals surface area (Å²) in [5.41, 5.74) is 1.59. The van der Waals surface area contributed by atoms with Crippen molar-refractivity contribution in [2.45, 2.75) is 18.8 Å². The molecule has 0 aliphatic carbocycles. The van der Waals surface area contributed by atoms with Gasteiger partial charge in [-0.05, 0) is 25.0 Å². The summed E-state index contributed by atoms with van der Waals surface area (Å²) in [6.07, 6.45) is 1.21. The van der Waals surface area contributed by atoms with Crippen LogP contribution in [0.3, 0.4) is 0 Å². The van der Waals surface area contributed by atoms with Crippen molar-refractivity contribution in [3.8, 4) is 0 Å². The number of amides is 2. The van der Waals surface area contributed by atoms with Crippen LogP contribution in [-0.2, 0) is 9.53 Å². The number of rotatable bonds is 3. The summed E-state index contributed by atoms with van der Waals surface area (Å²) in [4.78, 5) is 29.5. The van der Waals surface area contributed by atoms with E-state index >= 15 is 0 Å². The van der Waals surface area contributed by atoms with E-state index in [9.17, 15) is 9.59 Å². The average molecular weight is 317 g/mol. The molecule has 1 aromatic heterocycles. The first-order chi connectivity index (χ1) is 11.2. The Hall–Kier alpha value is -2.57. The van der Waals surface area contributed by atoms with Gasteiger partial charge in [-0.25, -0.2) is 9.78 Å². The molecule has 1 saturated heterocycles. The molecule has 1 fully saturated rings. The van der Waals surface area contributed by atoms with Crippen molar-refractivity contribution in [1.82, 2.24) is 15.2 Å². The molecule has 0 bridgehead atoms. The standard InChI is InChI=1S/C16H19N3O4/c1-22-16(21)17-9-14(20)19-8-4-5-11(10-19)15-18-12-6-2-3-7-13(12)23-15/h2-3,6-7,11H,4-5,8-10H2,1H3,(H,17,21). The SMILES string of the molecule is COC(=O)NCC(=O)N1CCCC(c2nc3ccccc3o2)C1. The van der Waals surface area contributed by atoms with Crippen molar-refractivity contribution < 1.29 is 18.7 Å². The highest BCUT2D eigenvalue weighted by Crippen LogP contribution is 2.28. The minimum Gasteiger partial charge on any atom is -0.453 e. The van der Waals surface area contributed by atoms with Gasteiger partial charge in [0.1, 0.15) is 12.1 Å². The van der Waals surface area contributed by atoms with Gasteiger partial charge in [-0.3, -0.25) is 4.79 Å². The van der Waals surface area contributed by atoms with Crippen LogP contribution in [0, 0.1) is 0 Å². The number of piperidine rings is 1. The van der Waals surface area contributed by atoms with Crippen molar-refractivity contribution >= 4 is 23.1 Å². The number of fused-ring (bicyclic) bond motifs is 1. The number of carbonyl (C=O) groups is 2. The molecule has 3 rings (SSSR count). The Labute approximate surface area is 133 Å². The number of carbonyl (C=O) groups excluding carboxylic acids is 2. The average Bonchev–Trinajstić information content (AvgIpc) is 3.03. The molecule has 1 aromatic carbocycles. The molecule has 0 radical (unpaired) electrons. The third-order valence-corrected chi connectivity index (χ3v) is 4.00. The third-order valence-electron chi connectivity index (χ3n) is 4.00. The largest absolute Gasteiger partial charge is 0.453 e. The second-order valence-corrected chi connectivity index (χ2v) is 5.54. The summed E-state index contributed by atoms with van der Waals surface area (Å²) in [7, 11) is 1.27. The fraction of sp³-hybridized carbons (Fsp3) is 0.438. The minimum absolute atomic E-state index is 0.0625. The summed E-state index contributed by atoms with van der Waals surface area (Å²) < 4.78 is 10.3. The Balaban J connectivity index is 1.65. The Kier molecular flexibility index (Phi) is 4.45. The molecule has 23 heavy (non-hydrogen) atoms. The minimum atomic E-state index is -0.606. The monoisotopic (exact) mass is 317 g/mol. The van der Waals surface area contributed by atoms with Crippen molar-refractivity contribution in [1.29, 1.82) is 0 Å². The molecule has 0 spiro atoms. The number of para-hydroxylation sites is 2. The maximum atomic E-state index is 12.2. The van der Waals surface area contributed by atoms with E-state index in [1.54, 1.807) is 4.90 Å². The second kappa shape index (κ2) is 6.68. The van der Waals surface area contributed by atoms with Gasteiger partial charge in [-0.15, -0.1) is 0 Å². The normalized spacial score (nSPS) is 18.0. The van der Waals surface area contributed by atoms with Gasteiger partial charge in [0.2, 0.25) is 5.91 Å². The van der Waals surface area contributed by atoms with E-state index in [1.807, 2.05) is 24.3 Å². The van der Waals surface area contributed by atoms with Gasteiger partial charge < -0.3 is 19.4 Å². The van der Waals surface area contributed by atoms with Crippen LogP contribution in [0.5, 0.6) is 0 Å². The number of nitrogens with one attached hydrogen (secondary N) is 1. The Bertz CT molecular complexity index is 679. The lowest BCUT2D eigenvalue weighted by molar-refractivity contribution is -0.131. The van der Waals surface area contributed by atoms with Crippen molar-refractivity contribution in [2.75, 3.05) is 26.7 Å². The van der Waals surface area contributed by atoms with Gasteiger partial charge in [0.25, 0.3) is 0 Å². The van der Waals surface area contributed by atoms with Crippen LogP contribution in [0.1, 0.15) is 24.7 Å². The van der Waals surface area contributed by atoms with Crippen LogP contribution < -0.4 is 5.32 Å². The van der Waals surface area contributed by atoms with Gasteiger partial charge in [-0.2, -0.15) is 0 Å². The number of alkyl carbamates (subject to hydrolysis) is 1. The number of oxazole rings is 1.